The quantitative estimate of drug-likeness (QED) is 0.873. The van der Waals surface area contributed by atoms with Gasteiger partial charge in [0, 0.05) is 17.2 Å². The molecular formula is C12H20BrN3O2S. The van der Waals surface area contributed by atoms with E-state index in [1.165, 1.54) is 12.3 Å². The van der Waals surface area contributed by atoms with Gasteiger partial charge in [0.2, 0.25) is 10.0 Å². The van der Waals surface area contributed by atoms with Gasteiger partial charge in [0.25, 0.3) is 0 Å². The predicted octanol–water partition coefficient (Wildman–Crippen LogP) is 2.39. The average Bonchev–Trinajstić information content (AvgIpc) is 2.28. The highest BCUT2D eigenvalue weighted by Crippen LogP contribution is 2.25. The normalized spacial score (nSPS) is 14.4. The second-order valence-corrected chi connectivity index (χ2v) is 8.31. The van der Waals surface area contributed by atoms with Crippen molar-refractivity contribution in [2.75, 3.05) is 12.3 Å². The molecular weight excluding hydrogens is 330 g/mol. The average molecular weight is 350 g/mol. The molecule has 0 radical (unpaired) electrons. The molecule has 7 heteroatoms. The van der Waals surface area contributed by atoms with Crippen molar-refractivity contribution in [3.63, 3.8) is 0 Å². The molecule has 0 aromatic carbocycles. The van der Waals surface area contributed by atoms with Gasteiger partial charge in [-0.25, -0.2) is 18.1 Å². The Morgan fingerprint density at radius 3 is 2.58 bits per heavy atom. The van der Waals surface area contributed by atoms with E-state index in [0.717, 1.165) is 0 Å². The van der Waals surface area contributed by atoms with E-state index in [0.29, 0.717) is 11.0 Å². The number of halogens is 1. The van der Waals surface area contributed by atoms with E-state index in [4.69, 9.17) is 5.73 Å². The highest BCUT2D eigenvalue weighted by Gasteiger charge is 2.24. The van der Waals surface area contributed by atoms with Crippen molar-refractivity contribution in [1.82, 2.24) is 9.71 Å². The third-order valence-electron chi connectivity index (χ3n) is 3.20. The number of nitrogens with two attached hydrogens (primary N) is 1. The van der Waals surface area contributed by atoms with Crippen molar-refractivity contribution >= 4 is 31.8 Å². The van der Waals surface area contributed by atoms with E-state index >= 15 is 0 Å². The molecule has 19 heavy (non-hydrogen) atoms. The minimum absolute atomic E-state index is 0.000822. The molecule has 0 bridgehead atoms. The van der Waals surface area contributed by atoms with Crippen LogP contribution in [0.3, 0.4) is 0 Å². The first-order valence-corrected chi connectivity index (χ1v) is 8.22. The van der Waals surface area contributed by atoms with Gasteiger partial charge in [-0.1, -0.05) is 27.7 Å². The van der Waals surface area contributed by atoms with Gasteiger partial charge in [0.15, 0.2) is 0 Å². The SMILES string of the molecule is CC(CNS(=O)(=O)c1cc(Br)cnc1N)C(C)(C)C. The minimum Gasteiger partial charge on any atom is -0.383 e. The molecule has 0 saturated heterocycles. The molecule has 0 fully saturated rings. The van der Waals surface area contributed by atoms with Gasteiger partial charge in [-0.2, -0.15) is 0 Å². The summed E-state index contributed by atoms with van der Waals surface area (Å²) in [7, 11) is -3.64. The van der Waals surface area contributed by atoms with E-state index in [9.17, 15) is 8.42 Å². The van der Waals surface area contributed by atoms with Gasteiger partial charge in [0.1, 0.15) is 10.7 Å². The molecule has 1 unspecified atom stereocenters. The Bertz CT molecular complexity index is 553. The first-order chi connectivity index (χ1) is 8.54. The summed E-state index contributed by atoms with van der Waals surface area (Å²) in [4.78, 5) is 3.84. The summed E-state index contributed by atoms with van der Waals surface area (Å²) in [6.07, 6.45) is 1.46. The Hall–Kier alpha value is -0.660. The number of hydrogen-bond donors (Lipinski definition) is 2. The molecule has 3 N–H and O–H groups in total. The molecule has 1 heterocycles. The zero-order chi connectivity index (χ0) is 14.8. The number of rotatable bonds is 4. The van der Waals surface area contributed by atoms with Crippen LogP contribution < -0.4 is 10.5 Å². The van der Waals surface area contributed by atoms with Crippen LogP contribution in [0.1, 0.15) is 27.7 Å². The molecule has 5 nitrogen and oxygen atoms in total. The van der Waals surface area contributed by atoms with Crippen LogP contribution in [0, 0.1) is 11.3 Å². The molecule has 0 aliphatic carbocycles. The summed E-state index contributed by atoms with van der Waals surface area (Å²) in [5.41, 5.74) is 5.65. The second-order valence-electron chi connectivity index (χ2n) is 5.66. The Morgan fingerprint density at radius 1 is 1.47 bits per heavy atom. The van der Waals surface area contributed by atoms with Crippen molar-refractivity contribution < 1.29 is 8.42 Å². The number of anilines is 1. The molecule has 0 aliphatic rings. The molecule has 0 amide bonds. The summed E-state index contributed by atoms with van der Waals surface area (Å²) in [5.74, 6) is 0.197. The number of hydrogen-bond acceptors (Lipinski definition) is 4. The molecule has 1 aromatic heterocycles. The van der Waals surface area contributed by atoms with Gasteiger partial charge in [-0.05, 0) is 33.3 Å². The van der Waals surface area contributed by atoms with E-state index in [2.05, 4.69) is 46.4 Å². The van der Waals surface area contributed by atoms with Crippen molar-refractivity contribution in [3.8, 4) is 0 Å². The lowest BCUT2D eigenvalue weighted by atomic mass is 9.82. The van der Waals surface area contributed by atoms with Crippen LogP contribution in [0.2, 0.25) is 0 Å². The summed E-state index contributed by atoms with van der Waals surface area (Å²) in [5, 5.41) is 0. The number of aromatic nitrogens is 1. The maximum Gasteiger partial charge on any atom is 0.244 e. The van der Waals surface area contributed by atoms with Crippen LogP contribution in [-0.4, -0.2) is 19.9 Å². The molecule has 0 spiro atoms. The van der Waals surface area contributed by atoms with Crippen LogP contribution in [0.25, 0.3) is 0 Å². The number of nitrogen functional groups attached to an aromatic ring is 1. The molecule has 1 aromatic rings. The number of nitrogens with one attached hydrogen (secondary N) is 1. The van der Waals surface area contributed by atoms with Crippen molar-refractivity contribution in [1.29, 1.82) is 0 Å². The Morgan fingerprint density at radius 2 is 2.05 bits per heavy atom. The molecule has 1 rings (SSSR count). The van der Waals surface area contributed by atoms with Crippen molar-refractivity contribution in [2.45, 2.75) is 32.6 Å². The van der Waals surface area contributed by atoms with Crippen LogP contribution in [0.5, 0.6) is 0 Å². The fourth-order valence-electron chi connectivity index (χ4n) is 1.27. The van der Waals surface area contributed by atoms with Gasteiger partial charge in [-0.3, -0.25) is 0 Å². The summed E-state index contributed by atoms with van der Waals surface area (Å²) >= 11 is 3.19. The first-order valence-electron chi connectivity index (χ1n) is 5.94. The van der Waals surface area contributed by atoms with Gasteiger partial charge >= 0.3 is 0 Å². The summed E-state index contributed by atoms with van der Waals surface area (Å²) < 4.78 is 27.5. The van der Waals surface area contributed by atoms with Crippen LogP contribution >= 0.6 is 15.9 Å². The summed E-state index contributed by atoms with van der Waals surface area (Å²) in [6, 6.07) is 1.45. The van der Waals surface area contributed by atoms with Crippen molar-refractivity contribution in [2.24, 2.45) is 11.3 Å². The highest BCUT2D eigenvalue weighted by atomic mass is 79.9. The van der Waals surface area contributed by atoms with Crippen LogP contribution in [-0.2, 0) is 10.0 Å². The minimum atomic E-state index is -3.64. The zero-order valence-corrected chi connectivity index (χ0v) is 14.0. The smallest absolute Gasteiger partial charge is 0.244 e. The topological polar surface area (TPSA) is 85.1 Å². The van der Waals surface area contributed by atoms with E-state index in [1.807, 2.05) is 6.92 Å². The highest BCUT2D eigenvalue weighted by molar-refractivity contribution is 9.10. The zero-order valence-electron chi connectivity index (χ0n) is 11.6. The number of pyridine rings is 1. The Kier molecular flexibility index (Phi) is 4.97. The monoisotopic (exact) mass is 349 g/mol. The van der Waals surface area contributed by atoms with E-state index in [1.54, 1.807) is 0 Å². The maximum absolute atomic E-state index is 12.2. The molecule has 0 saturated carbocycles. The number of nitrogens with zero attached hydrogens (tertiary/aromatic N) is 1. The lowest BCUT2D eigenvalue weighted by Gasteiger charge is -2.27. The Labute approximate surface area is 123 Å². The first kappa shape index (κ1) is 16.4. The molecule has 0 aliphatic heterocycles. The number of sulfonamides is 1. The van der Waals surface area contributed by atoms with Gasteiger partial charge in [0.05, 0.1) is 0 Å². The standard InChI is InChI=1S/C12H20BrN3O2S/c1-8(12(2,3)4)6-16-19(17,18)10-5-9(13)7-15-11(10)14/h5,7-8,16H,6H2,1-4H3,(H2,14,15). The second kappa shape index (κ2) is 5.76. The van der Waals surface area contributed by atoms with Crippen molar-refractivity contribution in [3.05, 3.63) is 16.7 Å². The predicted molar refractivity (Wildman–Crippen MR) is 80.2 cm³/mol. The van der Waals surface area contributed by atoms with E-state index < -0.39 is 10.0 Å². The third kappa shape index (κ3) is 4.43. The van der Waals surface area contributed by atoms with Crippen LogP contribution in [0.4, 0.5) is 5.82 Å². The Balaban J connectivity index is 2.91. The third-order valence-corrected chi connectivity index (χ3v) is 5.08. The lowest BCUT2D eigenvalue weighted by Crippen LogP contribution is -2.34. The lowest BCUT2D eigenvalue weighted by molar-refractivity contribution is 0.263. The van der Waals surface area contributed by atoms with Gasteiger partial charge < -0.3 is 5.73 Å². The largest absolute Gasteiger partial charge is 0.383 e. The summed E-state index contributed by atoms with van der Waals surface area (Å²) in [6.45, 7) is 8.58. The fourth-order valence-corrected chi connectivity index (χ4v) is 2.98. The van der Waals surface area contributed by atoms with E-state index in [-0.39, 0.29) is 22.0 Å². The molecule has 108 valence electrons. The fraction of sp³-hybridized carbons (Fsp3) is 0.583. The maximum atomic E-state index is 12.2. The van der Waals surface area contributed by atoms with Crippen LogP contribution in [0.15, 0.2) is 21.6 Å². The van der Waals surface area contributed by atoms with Gasteiger partial charge in [-0.15, -0.1) is 0 Å². The molecule has 1 atom stereocenters.